The van der Waals surface area contributed by atoms with Gasteiger partial charge in [-0.15, -0.1) is 0 Å². The van der Waals surface area contributed by atoms with E-state index < -0.39 is 5.97 Å². The Hall–Kier alpha value is -1.84. The van der Waals surface area contributed by atoms with Gasteiger partial charge in [-0.25, -0.2) is 0 Å². The second-order valence-electron chi connectivity index (χ2n) is 13.5. The van der Waals surface area contributed by atoms with Gasteiger partial charge in [0.2, 0.25) is 0 Å². The van der Waals surface area contributed by atoms with Gasteiger partial charge in [0.15, 0.2) is 0 Å². The molecule has 0 saturated carbocycles. The summed E-state index contributed by atoms with van der Waals surface area (Å²) in [5.74, 6) is -0.675. The van der Waals surface area contributed by atoms with E-state index in [0.717, 1.165) is 64.2 Å². The van der Waals surface area contributed by atoms with Gasteiger partial charge in [0, 0.05) is 12.8 Å². The van der Waals surface area contributed by atoms with E-state index in [1.807, 2.05) is 0 Å². The van der Waals surface area contributed by atoms with Crippen molar-refractivity contribution in [1.82, 2.24) is 0 Å². The maximum atomic E-state index is 12.6. The van der Waals surface area contributed by atoms with Crippen LogP contribution in [0.25, 0.3) is 0 Å². The maximum absolute atomic E-state index is 12.6. The van der Waals surface area contributed by atoms with Crippen LogP contribution in [0.4, 0.5) is 0 Å². The standard InChI is InChI=1S/C42H76O4/c1-3-5-7-9-10-11-12-13-14-15-16-17-18-19-20-21-22-23-28-31-35-39-42(45)46-40(36-32-8-6-4-2)37-33-29-26-24-25-27-30-34-38-41(43)44/h10-11,13-14,19-20,40H,3-9,12,15-18,21-39H2,1-2H3,(H,43,44)/b11-10-,14-13-,20-19-. The van der Waals surface area contributed by atoms with Crippen molar-refractivity contribution in [2.24, 2.45) is 0 Å². The predicted molar refractivity (Wildman–Crippen MR) is 199 cm³/mol. The van der Waals surface area contributed by atoms with Gasteiger partial charge >= 0.3 is 11.9 Å². The molecule has 1 N–H and O–H groups in total. The quantitative estimate of drug-likeness (QED) is 0.0419. The Morgan fingerprint density at radius 2 is 0.848 bits per heavy atom. The van der Waals surface area contributed by atoms with Gasteiger partial charge in [0.05, 0.1) is 0 Å². The van der Waals surface area contributed by atoms with Crippen LogP contribution >= 0.6 is 0 Å². The Labute approximate surface area is 286 Å². The van der Waals surface area contributed by atoms with Crippen LogP contribution in [0.5, 0.6) is 0 Å². The number of hydrogen-bond acceptors (Lipinski definition) is 3. The fourth-order valence-corrected chi connectivity index (χ4v) is 5.86. The van der Waals surface area contributed by atoms with E-state index in [2.05, 4.69) is 50.3 Å². The maximum Gasteiger partial charge on any atom is 0.306 e. The van der Waals surface area contributed by atoms with Crippen molar-refractivity contribution < 1.29 is 19.4 Å². The Morgan fingerprint density at radius 1 is 0.478 bits per heavy atom. The summed E-state index contributed by atoms with van der Waals surface area (Å²) in [6.45, 7) is 4.49. The molecular formula is C42H76O4. The second kappa shape index (κ2) is 37.6. The summed E-state index contributed by atoms with van der Waals surface area (Å²) in [7, 11) is 0. The van der Waals surface area contributed by atoms with Gasteiger partial charge in [-0.2, -0.15) is 0 Å². The summed E-state index contributed by atoms with van der Waals surface area (Å²) in [4.78, 5) is 23.2. The van der Waals surface area contributed by atoms with E-state index in [-0.39, 0.29) is 12.1 Å². The first-order valence-corrected chi connectivity index (χ1v) is 20.0. The van der Waals surface area contributed by atoms with Gasteiger partial charge in [0.25, 0.3) is 0 Å². The van der Waals surface area contributed by atoms with Gasteiger partial charge in [-0.05, 0) is 96.3 Å². The molecule has 0 aromatic heterocycles. The van der Waals surface area contributed by atoms with Crippen LogP contribution in [0.15, 0.2) is 36.5 Å². The molecule has 0 heterocycles. The summed E-state index contributed by atoms with van der Waals surface area (Å²) < 4.78 is 5.96. The zero-order valence-corrected chi connectivity index (χ0v) is 30.6. The predicted octanol–water partition coefficient (Wildman–Crippen LogP) is 13.8. The highest BCUT2D eigenvalue weighted by Crippen LogP contribution is 2.18. The molecular weight excluding hydrogens is 568 g/mol. The zero-order chi connectivity index (χ0) is 33.6. The molecule has 0 saturated heterocycles. The molecule has 1 unspecified atom stereocenters. The lowest BCUT2D eigenvalue weighted by Gasteiger charge is -2.18. The number of hydrogen-bond donors (Lipinski definition) is 1. The molecule has 0 spiro atoms. The van der Waals surface area contributed by atoms with E-state index in [0.29, 0.717) is 12.8 Å². The molecule has 0 aromatic carbocycles. The third-order valence-corrected chi connectivity index (χ3v) is 8.83. The smallest absolute Gasteiger partial charge is 0.306 e. The minimum atomic E-state index is -0.684. The number of ether oxygens (including phenoxy) is 1. The lowest BCUT2D eigenvalue weighted by molar-refractivity contribution is -0.150. The van der Waals surface area contributed by atoms with Crippen molar-refractivity contribution in [2.75, 3.05) is 0 Å². The van der Waals surface area contributed by atoms with Gasteiger partial charge < -0.3 is 9.84 Å². The summed E-state index contributed by atoms with van der Waals surface area (Å²) in [6, 6.07) is 0. The molecule has 0 rings (SSSR count). The van der Waals surface area contributed by atoms with Crippen molar-refractivity contribution in [1.29, 1.82) is 0 Å². The third kappa shape index (κ3) is 36.6. The first-order chi connectivity index (χ1) is 22.6. The van der Waals surface area contributed by atoms with E-state index in [1.165, 1.54) is 122 Å². The molecule has 1 atom stereocenters. The van der Waals surface area contributed by atoms with Crippen molar-refractivity contribution in [2.45, 2.75) is 219 Å². The average Bonchev–Trinajstić information content (AvgIpc) is 3.04. The Bertz CT molecular complexity index is 738. The molecule has 0 bridgehead atoms. The van der Waals surface area contributed by atoms with Crippen LogP contribution in [-0.4, -0.2) is 23.1 Å². The van der Waals surface area contributed by atoms with Crippen molar-refractivity contribution >= 4 is 11.9 Å². The van der Waals surface area contributed by atoms with Crippen LogP contribution in [0.1, 0.15) is 213 Å². The van der Waals surface area contributed by atoms with E-state index >= 15 is 0 Å². The topological polar surface area (TPSA) is 63.6 Å². The highest BCUT2D eigenvalue weighted by atomic mass is 16.5. The lowest BCUT2D eigenvalue weighted by atomic mass is 10.0. The molecule has 0 amide bonds. The molecule has 0 aliphatic heterocycles. The second-order valence-corrected chi connectivity index (χ2v) is 13.5. The summed E-state index contributed by atoms with van der Waals surface area (Å²) in [5.41, 5.74) is 0. The number of carbonyl (C=O) groups excluding carboxylic acids is 1. The number of aliphatic carboxylic acids is 1. The molecule has 46 heavy (non-hydrogen) atoms. The summed E-state index contributed by atoms with van der Waals surface area (Å²) in [6.07, 6.45) is 49.0. The molecule has 0 aliphatic carbocycles. The lowest BCUT2D eigenvalue weighted by Crippen LogP contribution is -2.18. The minimum Gasteiger partial charge on any atom is -0.481 e. The minimum absolute atomic E-state index is 0.00918. The van der Waals surface area contributed by atoms with E-state index in [1.54, 1.807) is 0 Å². The number of rotatable bonds is 36. The zero-order valence-electron chi connectivity index (χ0n) is 30.6. The van der Waals surface area contributed by atoms with Crippen molar-refractivity contribution in [3.05, 3.63) is 36.5 Å². The van der Waals surface area contributed by atoms with Crippen LogP contribution < -0.4 is 0 Å². The highest BCUT2D eigenvalue weighted by molar-refractivity contribution is 5.69. The molecule has 0 radical (unpaired) electrons. The molecule has 0 fully saturated rings. The van der Waals surface area contributed by atoms with Crippen LogP contribution in [0, 0.1) is 0 Å². The first-order valence-electron chi connectivity index (χ1n) is 20.0. The normalized spacial score (nSPS) is 12.6. The summed E-state index contributed by atoms with van der Waals surface area (Å²) in [5, 5.41) is 8.72. The Kier molecular flexibility index (Phi) is 36.1. The number of carboxylic acid groups (broad SMARTS) is 1. The largest absolute Gasteiger partial charge is 0.481 e. The van der Waals surface area contributed by atoms with E-state index in [4.69, 9.17) is 9.84 Å². The Morgan fingerprint density at radius 3 is 1.37 bits per heavy atom. The van der Waals surface area contributed by atoms with Crippen LogP contribution in [0.3, 0.4) is 0 Å². The van der Waals surface area contributed by atoms with Gasteiger partial charge in [-0.1, -0.05) is 140 Å². The number of carbonyl (C=O) groups is 2. The number of unbranched alkanes of at least 4 members (excludes halogenated alkanes) is 21. The number of carboxylic acids is 1. The van der Waals surface area contributed by atoms with Crippen molar-refractivity contribution in [3.8, 4) is 0 Å². The first kappa shape index (κ1) is 44.2. The average molecular weight is 645 g/mol. The fourth-order valence-electron chi connectivity index (χ4n) is 5.86. The molecule has 268 valence electrons. The molecule has 4 heteroatoms. The molecule has 0 aromatic rings. The number of allylic oxidation sites excluding steroid dienone is 6. The SMILES string of the molecule is CCCCC/C=C\C/C=C\CCCC/C=C\CCCCCCCC(=O)OC(CCCCCC)CCCCCCCCCCC(=O)O. The van der Waals surface area contributed by atoms with Crippen LogP contribution in [0.2, 0.25) is 0 Å². The fraction of sp³-hybridized carbons (Fsp3) is 0.810. The third-order valence-electron chi connectivity index (χ3n) is 8.83. The van der Waals surface area contributed by atoms with Crippen LogP contribution in [-0.2, 0) is 14.3 Å². The monoisotopic (exact) mass is 645 g/mol. The molecule has 0 aliphatic rings. The van der Waals surface area contributed by atoms with Gasteiger partial charge in [0.1, 0.15) is 6.10 Å². The number of esters is 1. The van der Waals surface area contributed by atoms with E-state index in [9.17, 15) is 9.59 Å². The molecule has 4 nitrogen and oxygen atoms in total. The van der Waals surface area contributed by atoms with Gasteiger partial charge in [-0.3, -0.25) is 9.59 Å². The van der Waals surface area contributed by atoms with Crippen molar-refractivity contribution in [3.63, 3.8) is 0 Å². The highest BCUT2D eigenvalue weighted by Gasteiger charge is 2.14. The Balaban J connectivity index is 3.79. The summed E-state index contributed by atoms with van der Waals surface area (Å²) >= 11 is 0.